The molecule has 0 heterocycles. The van der Waals surface area contributed by atoms with Gasteiger partial charge in [-0.25, -0.2) is 0 Å². The molecule has 0 bridgehead atoms. The molecule has 70 valence electrons. The summed E-state index contributed by atoms with van der Waals surface area (Å²) in [5.74, 6) is 0.829. The molecule has 1 rings (SSSR count). The molecule has 0 radical (unpaired) electrons. The van der Waals surface area contributed by atoms with Crippen LogP contribution in [0.4, 0.5) is 0 Å². The van der Waals surface area contributed by atoms with Crippen molar-refractivity contribution in [1.29, 1.82) is 0 Å². The molecule has 12 heavy (non-hydrogen) atoms. The standard InChI is InChI=1S/C11H21N/c1-3-5-9-7-8-11(12)10(9)6-4-2/h9H,3-8,12H2,1-2H3. The monoisotopic (exact) mass is 167 g/mol. The van der Waals surface area contributed by atoms with Gasteiger partial charge in [0.25, 0.3) is 0 Å². The summed E-state index contributed by atoms with van der Waals surface area (Å²) < 4.78 is 0. The first-order chi connectivity index (χ1) is 5.79. The Balaban J connectivity index is 2.54. The van der Waals surface area contributed by atoms with E-state index >= 15 is 0 Å². The van der Waals surface area contributed by atoms with Crippen molar-refractivity contribution in [2.75, 3.05) is 0 Å². The Hall–Kier alpha value is -0.460. The number of hydrogen-bond acceptors (Lipinski definition) is 1. The molecule has 0 amide bonds. The van der Waals surface area contributed by atoms with Gasteiger partial charge >= 0.3 is 0 Å². The summed E-state index contributed by atoms with van der Waals surface area (Å²) in [7, 11) is 0. The van der Waals surface area contributed by atoms with Crippen LogP contribution in [0.5, 0.6) is 0 Å². The van der Waals surface area contributed by atoms with Gasteiger partial charge in [0.2, 0.25) is 0 Å². The van der Waals surface area contributed by atoms with Gasteiger partial charge in [0.05, 0.1) is 0 Å². The molecule has 0 aromatic heterocycles. The fourth-order valence-electron chi connectivity index (χ4n) is 2.23. The SMILES string of the molecule is CCCC1=C(N)CCC1CCC. The maximum Gasteiger partial charge on any atom is 0.00754 e. The summed E-state index contributed by atoms with van der Waals surface area (Å²) in [6, 6.07) is 0. The Labute approximate surface area is 76.0 Å². The van der Waals surface area contributed by atoms with Crippen LogP contribution in [0.3, 0.4) is 0 Å². The minimum absolute atomic E-state index is 0.829. The molecule has 1 aliphatic carbocycles. The Morgan fingerprint density at radius 2 is 2.08 bits per heavy atom. The van der Waals surface area contributed by atoms with Crippen LogP contribution in [-0.4, -0.2) is 0 Å². The molecule has 2 N–H and O–H groups in total. The summed E-state index contributed by atoms with van der Waals surface area (Å²) in [6.45, 7) is 4.50. The van der Waals surface area contributed by atoms with Crippen molar-refractivity contribution in [1.82, 2.24) is 0 Å². The lowest BCUT2D eigenvalue weighted by Crippen LogP contribution is -2.02. The zero-order valence-electron chi connectivity index (χ0n) is 8.40. The number of allylic oxidation sites excluding steroid dienone is 2. The molecular weight excluding hydrogens is 146 g/mol. The lowest BCUT2D eigenvalue weighted by molar-refractivity contribution is 0.529. The quantitative estimate of drug-likeness (QED) is 0.683. The highest BCUT2D eigenvalue weighted by Crippen LogP contribution is 2.35. The van der Waals surface area contributed by atoms with Crippen LogP contribution in [-0.2, 0) is 0 Å². The van der Waals surface area contributed by atoms with E-state index in [1.54, 1.807) is 5.57 Å². The molecule has 0 aliphatic heterocycles. The van der Waals surface area contributed by atoms with E-state index in [9.17, 15) is 0 Å². The average Bonchev–Trinajstić information content (AvgIpc) is 2.37. The normalized spacial score (nSPS) is 23.7. The zero-order chi connectivity index (χ0) is 8.97. The molecule has 0 saturated heterocycles. The van der Waals surface area contributed by atoms with E-state index < -0.39 is 0 Å². The predicted molar refractivity (Wildman–Crippen MR) is 53.8 cm³/mol. The van der Waals surface area contributed by atoms with Gasteiger partial charge in [-0.3, -0.25) is 0 Å². The van der Waals surface area contributed by atoms with Gasteiger partial charge in [0, 0.05) is 5.70 Å². The predicted octanol–water partition coefficient (Wildman–Crippen LogP) is 3.21. The Bertz CT molecular complexity index is 170. The van der Waals surface area contributed by atoms with Gasteiger partial charge in [-0.1, -0.05) is 26.7 Å². The number of rotatable bonds is 4. The van der Waals surface area contributed by atoms with Gasteiger partial charge in [-0.05, 0) is 37.2 Å². The topological polar surface area (TPSA) is 26.0 Å². The van der Waals surface area contributed by atoms with Gasteiger partial charge in [-0.2, -0.15) is 0 Å². The number of hydrogen-bond donors (Lipinski definition) is 1. The molecule has 1 nitrogen and oxygen atoms in total. The van der Waals surface area contributed by atoms with Crippen molar-refractivity contribution in [3.05, 3.63) is 11.3 Å². The van der Waals surface area contributed by atoms with Crippen LogP contribution in [0.1, 0.15) is 52.4 Å². The van der Waals surface area contributed by atoms with Crippen LogP contribution >= 0.6 is 0 Å². The molecule has 0 aromatic rings. The summed E-state index contributed by atoms with van der Waals surface area (Å²) in [4.78, 5) is 0. The van der Waals surface area contributed by atoms with Crippen molar-refractivity contribution in [3.63, 3.8) is 0 Å². The van der Waals surface area contributed by atoms with Crippen molar-refractivity contribution in [2.24, 2.45) is 11.7 Å². The maximum atomic E-state index is 5.97. The summed E-state index contributed by atoms with van der Waals surface area (Å²) in [6.07, 6.45) is 7.59. The lowest BCUT2D eigenvalue weighted by atomic mass is 9.93. The molecular formula is C11H21N. The van der Waals surface area contributed by atoms with Crippen molar-refractivity contribution in [3.8, 4) is 0 Å². The van der Waals surface area contributed by atoms with E-state index in [0.717, 1.165) is 12.3 Å². The Morgan fingerprint density at radius 3 is 2.67 bits per heavy atom. The summed E-state index contributed by atoms with van der Waals surface area (Å²) in [5, 5.41) is 0. The minimum Gasteiger partial charge on any atom is -0.402 e. The van der Waals surface area contributed by atoms with Crippen LogP contribution in [0.25, 0.3) is 0 Å². The largest absolute Gasteiger partial charge is 0.402 e. The molecule has 1 aliphatic rings. The fraction of sp³-hybridized carbons (Fsp3) is 0.818. The molecule has 0 fully saturated rings. The number of nitrogens with two attached hydrogens (primary N) is 1. The highest BCUT2D eigenvalue weighted by atomic mass is 14.6. The van der Waals surface area contributed by atoms with Crippen LogP contribution in [0.15, 0.2) is 11.3 Å². The lowest BCUT2D eigenvalue weighted by Gasteiger charge is -2.12. The molecule has 0 aromatic carbocycles. The van der Waals surface area contributed by atoms with Gasteiger partial charge in [0.1, 0.15) is 0 Å². The molecule has 1 heteroatoms. The van der Waals surface area contributed by atoms with Crippen molar-refractivity contribution < 1.29 is 0 Å². The molecule has 0 saturated carbocycles. The first kappa shape index (κ1) is 9.63. The van der Waals surface area contributed by atoms with Crippen LogP contribution in [0, 0.1) is 5.92 Å². The van der Waals surface area contributed by atoms with Crippen LogP contribution < -0.4 is 5.73 Å². The second-order valence-corrected chi connectivity index (χ2v) is 3.82. The summed E-state index contributed by atoms with van der Waals surface area (Å²) in [5.41, 5.74) is 8.75. The van der Waals surface area contributed by atoms with E-state index in [-0.39, 0.29) is 0 Å². The Morgan fingerprint density at radius 1 is 1.33 bits per heavy atom. The van der Waals surface area contributed by atoms with Crippen LogP contribution in [0.2, 0.25) is 0 Å². The first-order valence-electron chi connectivity index (χ1n) is 5.27. The van der Waals surface area contributed by atoms with E-state index in [1.807, 2.05) is 0 Å². The first-order valence-corrected chi connectivity index (χ1v) is 5.27. The molecule has 1 unspecified atom stereocenters. The third kappa shape index (κ3) is 2.02. The Kier molecular flexibility index (Phi) is 3.64. The maximum absolute atomic E-state index is 5.97. The third-order valence-electron chi connectivity index (χ3n) is 2.82. The molecule has 0 spiro atoms. The summed E-state index contributed by atoms with van der Waals surface area (Å²) >= 11 is 0. The third-order valence-corrected chi connectivity index (χ3v) is 2.82. The average molecular weight is 167 g/mol. The van der Waals surface area contributed by atoms with Gasteiger partial charge in [-0.15, -0.1) is 0 Å². The highest BCUT2D eigenvalue weighted by Gasteiger charge is 2.21. The van der Waals surface area contributed by atoms with E-state index in [1.165, 1.54) is 37.8 Å². The fourth-order valence-corrected chi connectivity index (χ4v) is 2.23. The van der Waals surface area contributed by atoms with Gasteiger partial charge < -0.3 is 5.73 Å². The van der Waals surface area contributed by atoms with E-state index in [0.29, 0.717) is 0 Å². The van der Waals surface area contributed by atoms with Crippen molar-refractivity contribution >= 4 is 0 Å². The van der Waals surface area contributed by atoms with Crippen molar-refractivity contribution in [2.45, 2.75) is 52.4 Å². The van der Waals surface area contributed by atoms with E-state index in [2.05, 4.69) is 13.8 Å². The highest BCUT2D eigenvalue weighted by molar-refractivity contribution is 5.20. The second-order valence-electron chi connectivity index (χ2n) is 3.82. The zero-order valence-corrected chi connectivity index (χ0v) is 8.40. The van der Waals surface area contributed by atoms with Gasteiger partial charge in [0.15, 0.2) is 0 Å². The van der Waals surface area contributed by atoms with E-state index in [4.69, 9.17) is 5.73 Å². The minimum atomic E-state index is 0.829. The smallest absolute Gasteiger partial charge is 0.00754 e. The second kappa shape index (κ2) is 4.54. The molecule has 1 atom stereocenters.